The number of carbonyl (C=O) groups is 2. The molecule has 5 rings (SSSR count). The van der Waals surface area contributed by atoms with Crippen LogP contribution in [0.4, 0.5) is 4.79 Å². The molecule has 0 aromatic carbocycles. The molecule has 4 fully saturated rings. The highest BCUT2D eigenvalue weighted by molar-refractivity contribution is 5.91. The van der Waals surface area contributed by atoms with Crippen molar-refractivity contribution >= 4 is 11.9 Å². The van der Waals surface area contributed by atoms with Gasteiger partial charge in [0.25, 0.3) is 0 Å². The van der Waals surface area contributed by atoms with Gasteiger partial charge in [-0.05, 0) is 106 Å². The van der Waals surface area contributed by atoms with Crippen LogP contribution < -0.4 is 0 Å². The summed E-state index contributed by atoms with van der Waals surface area (Å²) in [6.45, 7) is 7.07. The van der Waals surface area contributed by atoms with Crippen molar-refractivity contribution in [1.29, 1.82) is 0 Å². The number of hydrogen-bond donors (Lipinski definition) is 0. The Morgan fingerprint density at radius 2 is 1.82 bits per heavy atom. The van der Waals surface area contributed by atoms with E-state index in [-0.39, 0.29) is 17.6 Å². The third-order valence-corrected chi connectivity index (χ3v) is 10.8. The van der Waals surface area contributed by atoms with Crippen LogP contribution in [0.2, 0.25) is 0 Å². The van der Waals surface area contributed by atoms with Crippen molar-refractivity contribution in [2.24, 2.45) is 40.9 Å². The molecule has 7 atom stereocenters. The normalized spacial score (nSPS) is 43.9. The van der Waals surface area contributed by atoms with E-state index in [9.17, 15) is 9.59 Å². The monoisotopic (exact) mass is 470 g/mol. The van der Waals surface area contributed by atoms with Crippen molar-refractivity contribution in [3.63, 3.8) is 0 Å². The fourth-order valence-corrected chi connectivity index (χ4v) is 9.23. The van der Waals surface area contributed by atoms with E-state index in [1.54, 1.807) is 0 Å². The maximum absolute atomic E-state index is 12.8. The Kier molecular flexibility index (Phi) is 7.15. The van der Waals surface area contributed by atoms with Crippen molar-refractivity contribution in [2.45, 2.75) is 123 Å². The van der Waals surface area contributed by atoms with Crippen LogP contribution >= 0.6 is 0 Å². The first-order valence-electron chi connectivity index (χ1n) is 14.5. The molecule has 0 N–H and O–H groups in total. The SMILES string of the molecule is CCCCC1CCC(OC(=O)O[C@H]2CC[C@H]3[C@@H]4CCC5=CC(=O)CC[C@@H]5[C@H]4[C@@H](C)C[C@]23C)CC1. The lowest BCUT2D eigenvalue weighted by Gasteiger charge is -2.56. The molecule has 0 aromatic heterocycles. The molecule has 0 spiro atoms. The Hall–Kier alpha value is -1.32. The Bertz CT molecular complexity index is 794. The number of ketones is 1. The highest BCUT2D eigenvalue weighted by atomic mass is 16.7. The van der Waals surface area contributed by atoms with Crippen molar-refractivity contribution in [1.82, 2.24) is 0 Å². The summed E-state index contributed by atoms with van der Waals surface area (Å²) in [7, 11) is 0. The summed E-state index contributed by atoms with van der Waals surface area (Å²) in [6.07, 6.45) is 17.2. The van der Waals surface area contributed by atoms with Gasteiger partial charge in [-0.1, -0.05) is 45.6 Å². The molecule has 0 unspecified atom stereocenters. The average Bonchev–Trinajstić information content (AvgIpc) is 3.13. The van der Waals surface area contributed by atoms with Gasteiger partial charge in [-0.15, -0.1) is 0 Å². The molecule has 4 heteroatoms. The van der Waals surface area contributed by atoms with Crippen LogP contribution in [-0.2, 0) is 14.3 Å². The Morgan fingerprint density at radius 1 is 1.03 bits per heavy atom. The molecule has 4 saturated carbocycles. The van der Waals surface area contributed by atoms with Gasteiger partial charge in [0.05, 0.1) is 0 Å². The van der Waals surface area contributed by atoms with Gasteiger partial charge in [0.2, 0.25) is 0 Å². The minimum atomic E-state index is -0.418. The number of allylic oxidation sites excluding steroid dienone is 1. The van der Waals surface area contributed by atoms with Crippen LogP contribution in [0.3, 0.4) is 0 Å². The number of rotatable bonds is 5. The highest BCUT2D eigenvalue weighted by Crippen LogP contribution is 2.64. The lowest BCUT2D eigenvalue weighted by atomic mass is 9.49. The van der Waals surface area contributed by atoms with E-state index in [0.29, 0.717) is 35.4 Å². The zero-order chi connectivity index (χ0) is 23.9. The van der Waals surface area contributed by atoms with Crippen LogP contribution in [0.15, 0.2) is 11.6 Å². The number of unbranched alkanes of at least 4 members (excludes halogenated alkanes) is 1. The summed E-state index contributed by atoms with van der Waals surface area (Å²) in [6, 6.07) is 0. The summed E-state index contributed by atoms with van der Waals surface area (Å²) in [4.78, 5) is 24.8. The molecule has 190 valence electrons. The first-order chi connectivity index (χ1) is 16.4. The van der Waals surface area contributed by atoms with Gasteiger partial charge in [-0.3, -0.25) is 4.79 Å². The smallest absolute Gasteiger partial charge is 0.431 e. The molecule has 0 saturated heterocycles. The standard InChI is InChI=1S/C30H46O4/c1-4-5-6-20-7-11-23(12-8-20)33-29(32)34-27-16-15-26-25-13-9-21-17-22(31)10-14-24(21)28(25)19(2)18-30(26,27)3/h17,19-20,23-28H,4-16,18H2,1-3H3/t19-,20?,23?,24-,25-,26-,27-,28+,30-/m0/s1. The molecule has 0 aromatic rings. The molecule has 0 heterocycles. The van der Waals surface area contributed by atoms with Gasteiger partial charge in [0.1, 0.15) is 12.2 Å². The molecule has 5 aliphatic rings. The van der Waals surface area contributed by atoms with E-state index in [1.807, 2.05) is 6.08 Å². The molecule has 0 radical (unpaired) electrons. The first kappa shape index (κ1) is 24.4. The summed E-state index contributed by atoms with van der Waals surface area (Å²) in [5, 5.41) is 0. The quantitative estimate of drug-likeness (QED) is 0.387. The van der Waals surface area contributed by atoms with E-state index in [2.05, 4.69) is 20.8 Å². The number of carbonyl (C=O) groups excluding carboxylic acids is 2. The number of ether oxygens (including phenoxy) is 2. The maximum atomic E-state index is 12.8. The summed E-state index contributed by atoms with van der Waals surface area (Å²) in [5.41, 5.74) is 1.50. The highest BCUT2D eigenvalue weighted by Gasteiger charge is 2.59. The summed E-state index contributed by atoms with van der Waals surface area (Å²) >= 11 is 0. The van der Waals surface area contributed by atoms with E-state index in [4.69, 9.17) is 9.47 Å². The van der Waals surface area contributed by atoms with Gasteiger partial charge < -0.3 is 9.47 Å². The van der Waals surface area contributed by atoms with Gasteiger partial charge in [-0.25, -0.2) is 4.79 Å². The Morgan fingerprint density at radius 3 is 2.59 bits per heavy atom. The van der Waals surface area contributed by atoms with Gasteiger partial charge >= 0.3 is 6.16 Å². The molecular weight excluding hydrogens is 424 g/mol. The largest absolute Gasteiger partial charge is 0.508 e. The Balaban J connectivity index is 1.19. The topological polar surface area (TPSA) is 52.6 Å². The predicted octanol–water partition coefficient (Wildman–Crippen LogP) is 7.65. The van der Waals surface area contributed by atoms with E-state index < -0.39 is 6.16 Å². The van der Waals surface area contributed by atoms with Crippen molar-refractivity contribution < 1.29 is 19.1 Å². The summed E-state index contributed by atoms with van der Waals surface area (Å²) < 4.78 is 12.0. The van der Waals surface area contributed by atoms with Gasteiger partial charge in [0, 0.05) is 11.8 Å². The number of fused-ring (bicyclic) bond motifs is 5. The minimum absolute atomic E-state index is 0.0147. The van der Waals surface area contributed by atoms with Crippen molar-refractivity contribution in [3.05, 3.63) is 11.6 Å². The molecule has 0 amide bonds. The lowest BCUT2D eigenvalue weighted by Crippen LogP contribution is -2.51. The van der Waals surface area contributed by atoms with E-state index in [1.165, 1.54) is 44.1 Å². The van der Waals surface area contributed by atoms with Gasteiger partial charge in [-0.2, -0.15) is 0 Å². The maximum Gasteiger partial charge on any atom is 0.508 e. The third-order valence-electron chi connectivity index (χ3n) is 10.8. The Labute approximate surface area is 206 Å². The van der Waals surface area contributed by atoms with Gasteiger partial charge in [0.15, 0.2) is 5.78 Å². The van der Waals surface area contributed by atoms with Crippen LogP contribution in [0.25, 0.3) is 0 Å². The fourth-order valence-electron chi connectivity index (χ4n) is 9.23. The second kappa shape index (κ2) is 9.97. The second-order valence-corrected chi connectivity index (χ2v) is 12.7. The molecule has 4 nitrogen and oxygen atoms in total. The lowest BCUT2D eigenvalue weighted by molar-refractivity contribution is -0.117. The second-order valence-electron chi connectivity index (χ2n) is 12.7. The van der Waals surface area contributed by atoms with Crippen LogP contribution in [0.5, 0.6) is 0 Å². The minimum Gasteiger partial charge on any atom is -0.431 e. The molecule has 5 aliphatic carbocycles. The van der Waals surface area contributed by atoms with Crippen LogP contribution in [0, 0.1) is 40.9 Å². The molecule has 34 heavy (non-hydrogen) atoms. The van der Waals surface area contributed by atoms with E-state index >= 15 is 0 Å². The molecular formula is C30H46O4. The van der Waals surface area contributed by atoms with E-state index in [0.717, 1.165) is 57.3 Å². The predicted molar refractivity (Wildman–Crippen MR) is 133 cm³/mol. The molecule has 0 aliphatic heterocycles. The van der Waals surface area contributed by atoms with Crippen molar-refractivity contribution in [2.75, 3.05) is 0 Å². The average molecular weight is 471 g/mol. The molecule has 0 bridgehead atoms. The fraction of sp³-hybridized carbons (Fsp3) is 0.867. The zero-order valence-electron chi connectivity index (χ0n) is 21.7. The summed E-state index contributed by atoms with van der Waals surface area (Å²) in [5.74, 6) is 4.38. The van der Waals surface area contributed by atoms with Crippen molar-refractivity contribution in [3.8, 4) is 0 Å². The zero-order valence-corrected chi connectivity index (χ0v) is 21.7. The van der Waals surface area contributed by atoms with Crippen LogP contribution in [-0.4, -0.2) is 24.1 Å². The number of hydrogen-bond acceptors (Lipinski definition) is 4. The third kappa shape index (κ3) is 4.60. The first-order valence-corrected chi connectivity index (χ1v) is 14.5. The van der Waals surface area contributed by atoms with Crippen LogP contribution in [0.1, 0.15) is 111 Å².